The molecule has 16 heteroatoms. The second kappa shape index (κ2) is 26.1. The van der Waals surface area contributed by atoms with Crippen molar-refractivity contribution < 1.29 is 37.9 Å². The summed E-state index contributed by atoms with van der Waals surface area (Å²) < 4.78 is 43.6. The Kier molecular flexibility index (Phi) is 21.0. The van der Waals surface area contributed by atoms with E-state index in [1.54, 1.807) is 28.4 Å². The number of methoxy groups -OCH3 is 4. The molecule has 0 saturated heterocycles. The summed E-state index contributed by atoms with van der Waals surface area (Å²) in [5.74, 6) is 8.89. The van der Waals surface area contributed by atoms with E-state index in [0.717, 1.165) is 44.3 Å². The second-order valence-corrected chi connectivity index (χ2v) is 12.1. The van der Waals surface area contributed by atoms with Crippen LogP contribution in [0.3, 0.4) is 0 Å². The molecule has 0 amide bonds. The minimum atomic E-state index is 0. The molecule has 60 heavy (non-hydrogen) atoms. The maximum absolute atomic E-state index is 5.86. The maximum atomic E-state index is 5.86. The molecule has 14 nitrogen and oxygen atoms in total. The molecule has 6 aromatic rings. The van der Waals surface area contributed by atoms with Gasteiger partial charge in [-0.1, -0.05) is 24.0 Å². The Bertz CT molecular complexity index is 2180. The monoisotopic (exact) mass is 858 g/mol. The lowest BCUT2D eigenvalue weighted by Crippen LogP contribution is -2.09. The molecule has 0 atom stereocenters. The molecule has 2 N–H and O–H groups in total. The number of halogens is 2. The van der Waals surface area contributed by atoms with Gasteiger partial charge in [0.25, 0.3) is 0 Å². The van der Waals surface area contributed by atoms with Gasteiger partial charge in [-0.25, -0.2) is 19.9 Å². The molecule has 0 unspecified atom stereocenters. The van der Waals surface area contributed by atoms with Crippen molar-refractivity contribution in [2.24, 2.45) is 0 Å². The van der Waals surface area contributed by atoms with Gasteiger partial charge in [0.2, 0.25) is 0 Å². The van der Waals surface area contributed by atoms with E-state index in [-0.39, 0.29) is 24.8 Å². The van der Waals surface area contributed by atoms with E-state index in [1.807, 2.05) is 72.8 Å². The highest BCUT2D eigenvalue weighted by atomic mass is 35.5. The number of nitrogens with one attached hydrogen (secondary N) is 2. The molecule has 0 radical (unpaired) electrons. The fourth-order valence-corrected chi connectivity index (χ4v) is 5.37. The van der Waals surface area contributed by atoms with Crippen molar-refractivity contribution in [1.29, 1.82) is 0 Å². The van der Waals surface area contributed by atoms with Crippen LogP contribution in [0.25, 0.3) is 21.8 Å². The smallest absolute Gasteiger partial charge is 0.163 e. The van der Waals surface area contributed by atoms with Gasteiger partial charge in [-0.2, -0.15) is 0 Å². The standard InChI is InChI=1S/2C22H23N3O4.2ClH/c2*1-4-16-6-5-7-17(12-16)25-22-18-13-20(28-10-8-26-2)21(29-11-9-27-3)14-19(18)23-15-24-22;;/h2*1,5-7,12-15H,8-11H2,2-3H3,(H,23,24,25);2*1H. The van der Waals surface area contributed by atoms with Gasteiger partial charge in [-0.05, 0) is 48.5 Å². The van der Waals surface area contributed by atoms with Crippen LogP contribution < -0.4 is 29.6 Å². The summed E-state index contributed by atoms with van der Waals surface area (Å²) in [6.07, 6.45) is 14.0. The van der Waals surface area contributed by atoms with Crippen molar-refractivity contribution in [1.82, 2.24) is 19.9 Å². The van der Waals surface area contributed by atoms with Gasteiger partial charge in [-0.15, -0.1) is 37.7 Å². The molecule has 0 bridgehead atoms. The van der Waals surface area contributed by atoms with Gasteiger partial charge in [0, 0.05) is 73.8 Å². The van der Waals surface area contributed by atoms with Gasteiger partial charge in [-0.3, -0.25) is 0 Å². The van der Waals surface area contributed by atoms with E-state index < -0.39 is 0 Å². The molecule has 0 aliphatic rings. The van der Waals surface area contributed by atoms with E-state index in [4.69, 9.17) is 50.7 Å². The number of ether oxygens (including phenoxy) is 8. The van der Waals surface area contributed by atoms with Crippen LogP contribution in [0.15, 0.2) is 85.5 Å². The van der Waals surface area contributed by atoms with Crippen LogP contribution in [0.1, 0.15) is 11.1 Å². The fraction of sp³-hybridized carbons (Fsp3) is 0.273. The van der Waals surface area contributed by atoms with Gasteiger partial charge >= 0.3 is 0 Å². The van der Waals surface area contributed by atoms with E-state index in [9.17, 15) is 0 Å². The second-order valence-electron chi connectivity index (χ2n) is 12.1. The Morgan fingerprint density at radius 1 is 0.467 bits per heavy atom. The van der Waals surface area contributed by atoms with Crippen LogP contribution in [0.5, 0.6) is 23.0 Å². The van der Waals surface area contributed by atoms with Crippen LogP contribution in [0.4, 0.5) is 23.0 Å². The van der Waals surface area contributed by atoms with Crippen LogP contribution in [0, 0.1) is 24.7 Å². The van der Waals surface area contributed by atoms with Crippen molar-refractivity contribution in [3.8, 4) is 47.7 Å². The Hall–Kier alpha value is -6.10. The predicted molar refractivity (Wildman–Crippen MR) is 238 cm³/mol. The van der Waals surface area contributed by atoms with Gasteiger partial charge in [0.05, 0.1) is 37.5 Å². The lowest BCUT2D eigenvalue weighted by atomic mass is 10.2. The summed E-state index contributed by atoms with van der Waals surface area (Å²) >= 11 is 0. The molecule has 0 saturated carbocycles. The molecular weight excluding hydrogens is 811 g/mol. The first-order valence-corrected chi connectivity index (χ1v) is 18.2. The number of nitrogens with zero attached hydrogens (tertiary/aromatic N) is 4. The Morgan fingerprint density at radius 3 is 1.15 bits per heavy atom. The van der Waals surface area contributed by atoms with Crippen molar-refractivity contribution >= 4 is 69.6 Å². The number of aromatic nitrogens is 4. The van der Waals surface area contributed by atoms with Gasteiger partial charge in [0.1, 0.15) is 50.7 Å². The summed E-state index contributed by atoms with van der Waals surface area (Å²) in [6.45, 7) is 3.45. The van der Waals surface area contributed by atoms with E-state index >= 15 is 0 Å². The molecule has 316 valence electrons. The lowest BCUT2D eigenvalue weighted by Gasteiger charge is -2.15. The maximum Gasteiger partial charge on any atom is 0.163 e. The number of terminal acetylenes is 2. The number of hydrogen-bond donors (Lipinski definition) is 2. The summed E-state index contributed by atoms with van der Waals surface area (Å²) in [5.41, 5.74) is 4.69. The third-order valence-electron chi connectivity index (χ3n) is 8.17. The first-order valence-electron chi connectivity index (χ1n) is 18.2. The molecule has 6 rings (SSSR count). The van der Waals surface area contributed by atoms with Gasteiger partial charge in [0.15, 0.2) is 23.0 Å². The van der Waals surface area contributed by atoms with Crippen LogP contribution in [-0.2, 0) is 18.9 Å². The van der Waals surface area contributed by atoms with Crippen molar-refractivity contribution in [3.63, 3.8) is 0 Å². The SMILES string of the molecule is C#Cc1cccc(Nc2ncnc3cc(OCCOC)c(OCCOC)cc23)c1.C#Cc1cccc(Nc2ncnc3cc(OCCOC)c(OCCOC)cc23)c1.Cl.Cl. The zero-order valence-electron chi connectivity index (χ0n) is 33.8. The van der Waals surface area contributed by atoms with Crippen LogP contribution in [0.2, 0.25) is 0 Å². The molecular formula is C44H48Cl2N6O8. The van der Waals surface area contributed by atoms with Crippen molar-refractivity contribution in [3.05, 3.63) is 96.6 Å². The largest absolute Gasteiger partial charge is 0.487 e. The zero-order chi connectivity index (χ0) is 41.0. The van der Waals surface area contributed by atoms with Crippen LogP contribution in [-0.4, -0.2) is 101 Å². The predicted octanol–water partition coefficient (Wildman–Crippen LogP) is 7.65. The minimum Gasteiger partial charge on any atom is -0.487 e. The lowest BCUT2D eigenvalue weighted by molar-refractivity contribution is 0.132. The van der Waals surface area contributed by atoms with E-state index in [0.29, 0.717) is 87.5 Å². The number of hydrogen-bond acceptors (Lipinski definition) is 14. The summed E-state index contributed by atoms with van der Waals surface area (Å²) in [4.78, 5) is 17.5. The highest BCUT2D eigenvalue weighted by molar-refractivity contribution is 5.94. The molecule has 4 aromatic carbocycles. The normalized spacial score (nSPS) is 10.2. The molecule has 0 aliphatic heterocycles. The zero-order valence-corrected chi connectivity index (χ0v) is 35.4. The van der Waals surface area contributed by atoms with E-state index in [2.05, 4.69) is 42.4 Å². The van der Waals surface area contributed by atoms with Gasteiger partial charge < -0.3 is 48.5 Å². The van der Waals surface area contributed by atoms with Crippen LogP contribution >= 0.6 is 24.8 Å². The number of rotatable bonds is 20. The van der Waals surface area contributed by atoms with Crippen molar-refractivity contribution in [2.75, 3.05) is 91.9 Å². The summed E-state index contributed by atoms with van der Waals surface area (Å²) in [6, 6.07) is 22.5. The third kappa shape index (κ3) is 14.0. The minimum absolute atomic E-state index is 0. The Labute approximate surface area is 362 Å². The third-order valence-corrected chi connectivity index (χ3v) is 8.17. The Morgan fingerprint density at radius 2 is 0.817 bits per heavy atom. The Balaban J connectivity index is 0.000000310. The average molecular weight is 860 g/mol. The molecule has 0 aliphatic carbocycles. The molecule has 0 fully saturated rings. The average Bonchev–Trinajstić information content (AvgIpc) is 3.25. The fourth-order valence-electron chi connectivity index (χ4n) is 5.37. The molecule has 2 heterocycles. The highest BCUT2D eigenvalue weighted by Crippen LogP contribution is 2.36. The number of anilines is 4. The topological polar surface area (TPSA) is 149 Å². The van der Waals surface area contributed by atoms with E-state index in [1.165, 1.54) is 12.7 Å². The molecule has 0 spiro atoms. The van der Waals surface area contributed by atoms with Crippen molar-refractivity contribution in [2.45, 2.75) is 0 Å². The number of benzene rings is 4. The summed E-state index contributed by atoms with van der Waals surface area (Å²) in [5, 5.41) is 8.19. The number of fused-ring (bicyclic) bond motifs is 2. The summed E-state index contributed by atoms with van der Waals surface area (Å²) in [7, 11) is 6.50. The first-order chi connectivity index (χ1) is 28.5. The quantitative estimate of drug-likeness (QED) is 0.0572. The highest BCUT2D eigenvalue weighted by Gasteiger charge is 2.15. The molecule has 2 aromatic heterocycles. The first kappa shape index (κ1) is 48.3.